The molecule has 1 amide bonds. The number of rotatable bonds is 1. The number of amides is 1. The van der Waals surface area contributed by atoms with Crippen molar-refractivity contribution >= 4 is 26.1 Å². The van der Waals surface area contributed by atoms with Crippen LogP contribution in [0.3, 0.4) is 0 Å². The molecule has 1 atom stereocenters. The van der Waals surface area contributed by atoms with Gasteiger partial charge >= 0.3 is 0 Å². The standard InChI is InChI=1S/C9H12NOP/c1-6-3-4-8(9(12)5-6)10-7(2)11/h3-5H,12H2,1-2H3,(H,10,11). The van der Waals surface area contributed by atoms with E-state index in [0.29, 0.717) is 0 Å². The van der Waals surface area contributed by atoms with Crippen molar-refractivity contribution < 1.29 is 4.79 Å². The van der Waals surface area contributed by atoms with Gasteiger partial charge in [-0.05, 0) is 18.3 Å². The fourth-order valence-electron chi connectivity index (χ4n) is 0.986. The van der Waals surface area contributed by atoms with Gasteiger partial charge in [0.1, 0.15) is 0 Å². The summed E-state index contributed by atoms with van der Waals surface area (Å²) >= 11 is 0. The fourth-order valence-corrected chi connectivity index (χ4v) is 1.42. The molecule has 1 aromatic carbocycles. The van der Waals surface area contributed by atoms with Crippen molar-refractivity contribution in [2.75, 3.05) is 5.32 Å². The van der Waals surface area contributed by atoms with Gasteiger partial charge in [0.25, 0.3) is 0 Å². The number of nitrogens with one attached hydrogen (secondary N) is 1. The minimum absolute atomic E-state index is 0.0393. The van der Waals surface area contributed by atoms with Gasteiger partial charge in [-0.3, -0.25) is 4.79 Å². The van der Waals surface area contributed by atoms with Gasteiger partial charge in [0, 0.05) is 12.6 Å². The Kier molecular flexibility index (Phi) is 2.83. The zero-order valence-corrected chi connectivity index (χ0v) is 8.37. The maximum absolute atomic E-state index is 10.7. The average molecular weight is 181 g/mol. The van der Waals surface area contributed by atoms with Crippen molar-refractivity contribution in [3.05, 3.63) is 23.8 Å². The zero-order valence-electron chi connectivity index (χ0n) is 7.22. The van der Waals surface area contributed by atoms with Gasteiger partial charge in [0.2, 0.25) is 5.91 Å². The minimum atomic E-state index is -0.0393. The minimum Gasteiger partial charge on any atom is -0.326 e. The van der Waals surface area contributed by atoms with Crippen LogP contribution in [0.25, 0.3) is 0 Å². The van der Waals surface area contributed by atoms with Crippen molar-refractivity contribution in [3.63, 3.8) is 0 Å². The predicted octanol–water partition coefficient (Wildman–Crippen LogP) is 1.45. The number of hydrogen-bond donors (Lipinski definition) is 1. The van der Waals surface area contributed by atoms with Crippen LogP contribution in [0, 0.1) is 6.92 Å². The summed E-state index contributed by atoms with van der Waals surface area (Å²) in [4.78, 5) is 10.7. The molecule has 1 N–H and O–H groups in total. The third-order valence-electron chi connectivity index (χ3n) is 1.52. The second kappa shape index (κ2) is 3.68. The van der Waals surface area contributed by atoms with E-state index in [0.717, 1.165) is 11.0 Å². The molecule has 12 heavy (non-hydrogen) atoms. The molecule has 0 aromatic heterocycles. The molecule has 1 rings (SSSR count). The Bertz CT molecular complexity index is 309. The molecule has 0 aliphatic rings. The summed E-state index contributed by atoms with van der Waals surface area (Å²) in [6.45, 7) is 3.52. The second-order valence-electron chi connectivity index (χ2n) is 2.77. The molecule has 64 valence electrons. The van der Waals surface area contributed by atoms with Gasteiger partial charge in [-0.25, -0.2) is 0 Å². The van der Waals surface area contributed by atoms with Crippen molar-refractivity contribution in [3.8, 4) is 0 Å². The van der Waals surface area contributed by atoms with Crippen molar-refractivity contribution in [1.82, 2.24) is 0 Å². The normalized spacial score (nSPS) is 9.58. The molecular formula is C9H12NOP. The number of carbonyl (C=O) groups is 1. The number of anilines is 1. The first-order valence-electron chi connectivity index (χ1n) is 3.73. The summed E-state index contributed by atoms with van der Waals surface area (Å²) in [5.74, 6) is -0.0393. The van der Waals surface area contributed by atoms with E-state index in [2.05, 4.69) is 14.6 Å². The molecule has 0 bridgehead atoms. The first-order chi connectivity index (χ1) is 5.59. The lowest BCUT2D eigenvalue weighted by Crippen LogP contribution is -2.11. The van der Waals surface area contributed by atoms with Gasteiger partial charge in [0.15, 0.2) is 0 Å². The Morgan fingerprint density at radius 1 is 1.50 bits per heavy atom. The third-order valence-corrected chi connectivity index (χ3v) is 2.00. The molecule has 0 saturated heterocycles. The van der Waals surface area contributed by atoms with Crippen LogP contribution in [0.5, 0.6) is 0 Å². The molecule has 0 aliphatic heterocycles. The van der Waals surface area contributed by atoms with Crippen LogP contribution < -0.4 is 10.6 Å². The molecular weight excluding hydrogens is 169 g/mol. The maximum Gasteiger partial charge on any atom is 0.221 e. The highest BCUT2D eigenvalue weighted by Crippen LogP contribution is 2.09. The zero-order chi connectivity index (χ0) is 9.14. The Labute approximate surface area is 74.6 Å². The van der Waals surface area contributed by atoms with Crippen LogP contribution in [-0.4, -0.2) is 5.91 Å². The lowest BCUT2D eigenvalue weighted by Gasteiger charge is -2.05. The lowest BCUT2D eigenvalue weighted by molar-refractivity contribution is -0.114. The molecule has 0 heterocycles. The molecule has 0 spiro atoms. The van der Waals surface area contributed by atoms with Gasteiger partial charge in [-0.15, -0.1) is 9.24 Å². The van der Waals surface area contributed by atoms with Crippen molar-refractivity contribution in [2.24, 2.45) is 0 Å². The van der Waals surface area contributed by atoms with E-state index < -0.39 is 0 Å². The first-order valence-corrected chi connectivity index (χ1v) is 4.31. The first kappa shape index (κ1) is 9.21. The maximum atomic E-state index is 10.7. The smallest absolute Gasteiger partial charge is 0.221 e. The van der Waals surface area contributed by atoms with E-state index >= 15 is 0 Å². The number of aryl methyl sites for hydroxylation is 1. The molecule has 0 fully saturated rings. The van der Waals surface area contributed by atoms with Crippen molar-refractivity contribution in [1.29, 1.82) is 0 Å². The van der Waals surface area contributed by atoms with Crippen LogP contribution in [-0.2, 0) is 4.79 Å². The largest absolute Gasteiger partial charge is 0.326 e. The molecule has 0 aliphatic carbocycles. The van der Waals surface area contributed by atoms with E-state index in [1.165, 1.54) is 12.5 Å². The summed E-state index contributed by atoms with van der Waals surface area (Å²) in [5.41, 5.74) is 2.05. The van der Waals surface area contributed by atoms with E-state index in [1.807, 2.05) is 25.1 Å². The number of hydrogen-bond acceptors (Lipinski definition) is 1. The predicted molar refractivity (Wildman–Crippen MR) is 54.8 cm³/mol. The third kappa shape index (κ3) is 2.31. The van der Waals surface area contributed by atoms with E-state index in [-0.39, 0.29) is 5.91 Å². The van der Waals surface area contributed by atoms with E-state index in [1.54, 1.807) is 0 Å². The summed E-state index contributed by atoms with van der Waals surface area (Å²) < 4.78 is 0. The van der Waals surface area contributed by atoms with Crippen LogP contribution in [0.4, 0.5) is 5.69 Å². The van der Waals surface area contributed by atoms with Crippen LogP contribution in [0.2, 0.25) is 0 Å². The molecule has 0 radical (unpaired) electrons. The molecule has 3 heteroatoms. The quantitative estimate of drug-likeness (QED) is 0.653. The van der Waals surface area contributed by atoms with E-state index in [4.69, 9.17) is 0 Å². The van der Waals surface area contributed by atoms with Crippen LogP contribution >= 0.6 is 9.24 Å². The fraction of sp³-hybridized carbons (Fsp3) is 0.222. The van der Waals surface area contributed by atoms with Crippen LogP contribution in [0.1, 0.15) is 12.5 Å². The summed E-state index contributed by atoms with van der Waals surface area (Å²) in [7, 11) is 2.60. The number of benzene rings is 1. The molecule has 2 nitrogen and oxygen atoms in total. The van der Waals surface area contributed by atoms with Gasteiger partial charge in [-0.2, -0.15) is 0 Å². The number of carbonyl (C=O) groups excluding carboxylic acids is 1. The monoisotopic (exact) mass is 181 g/mol. The second-order valence-corrected chi connectivity index (χ2v) is 3.39. The molecule has 1 aromatic rings. The summed E-state index contributed by atoms with van der Waals surface area (Å²) in [6, 6.07) is 5.88. The average Bonchev–Trinajstić information content (AvgIpc) is 1.94. The highest BCUT2D eigenvalue weighted by Gasteiger charge is 1.98. The Hall–Kier alpha value is -0.880. The highest BCUT2D eigenvalue weighted by atomic mass is 31.0. The van der Waals surface area contributed by atoms with Crippen molar-refractivity contribution in [2.45, 2.75) is 13.8 Å². The summed E-state index contributed by atoms with van der Waals surface area (Å²) in [5, 5.41) is 3.76. The molecule has 1 unspecified atom stereocenters. The highest BCUT2D eigenvalue weighted by molar-refractivity contribution is 7.28. The molecule has 0 saturated carbocycles. The topological polar surface area (TPSA) is 29.1 Å². The summed E-state index contributed by atoms with van der Waals surface area (Å²) in [6.07, 6.45) is 0. The Morgan fingerprint density at radius 3 is 2.67 bits per heavy atom. The van der Waals surface area contributed by atoms with Gasteiger partial charge in [0.05, 0.1) is 0 Å². The Morgan fingerprint density at radius 2 is 2.17 bits per heavy atom. The van der Waals surface area contributed by atoms with E-state index in [9.17, 15) is 4.79 Å². The lowest BCUT2D eigenvalue weighted by atomic mass is 10.2. The van der Waals surface area contributed by atoms with Crippen LogP contribution in [0.15, 0.2) is 18.2 Å². The van der Waals surface area contributed by atoms with Gasteiger partial charge < -0.3 is 5.32 Å². The SMILES string of the molecule is CC(=O)Nc1ccc(C)cc1P. The van der Waals surface area contributed by atoms with Gasteiger partial charge in [-0.1, -0.05) is 17.7 Å². The Balaban J connectivity index is 2.93.